The predicted octanol–water partition coefficient (Wildman–Crippen LogP) is 4.08. The molecule has 4 rings (SSSR count). The molecular weight excluding hydrogens is 374 g/mol. The molecule has 140 valence electrons. The highest BCUT2D eigenvalue weighted by molar-refractivity contribution is 7.20. The number of aryl methyl sites for hydroxylation is 1. The molecule has 0 radical (unpaired) electrons. The number of nitrogen functional groups attached to an aromatic ring is 1. The summed E-state index contributed by atoms with van der Waals surface area (Å²) in [6, 6.07) is 17.3. The SMILES string of the molecule is Cc1ccccc1Nc1nc(N)nc(COC(=O)c2cc3ccccc3s2)n1. The van der Waals surface area contributed by atoms with Gasteiger partial charge in [-0.15, -0.1) is 11.3 Å². The molecule has 0 saturated carbocycles. The van der Waals surface area contributed by atoms with Gasteiger partial charge in [-0.3, -0.25) is 0 Å². The molecule has 0 unspecified atom stereocenters. The van der Waals surface area contributed by atoms with Crippen molar-refractivity contribution in [3.63, 3.8) is 0 Å². The van der Waals surface area contributed by atoms with Crippen molar-refractivity contribution in [2.45, 2.75) is 13.5 Å². The van der Waals surface area contributed by atoms with E-state index in [9.17, 15) is 4.79 Å². The van der Waals surface area contributed by atoms with Gasteiger partial charge in [0.15, 0.2) is 12.4 Å². The van der Waals surface area contributed by atoms with E-state index in [1.165, 1.54) is 11.3 Å². The van der Waals surface area contributed by atoms with Crippen LogP contribution in [0.2, 0.25) is 0 Å². The quantitative estimate of drug-likeness (QED) is 0.494. The summed E-state index contributed by atoms with van der Waals surface area (Å²) in [5.41, 5.74) is 7.68. The van der Waals surface area contributed by atoms with E-state index in [2.05, 4.69) is 20.3 Å². The Morgan fingerprint density at radius 3 is 2.71 bits per heavy atom. The number of rotatable bonds is 5. The van der Waals surface area contributed by atoms with Crippen LogP contribution in [0.1, 0.15) is 21.1 Å². The number of ether oxygens (including phenoxy) is 1. The number of para-hydroxylation sites is 1. The molecule has 28 heavy (non-hydrogen) atoms. The minimum absolute atomic E-state index is 0.0546. The van der Waals surface area contributed by atoms with Crippen molar-refractivity contribution in [2.24, 2.45) is 0 Å². The first kappa shape index (κ1) is 17.9. The summed E-state index contributed by atoms with van der Waals surface area (Å²) in [7, 11) is 0. The van der Waals surface area contributed by atoms with Gasteiger partial charge in [0.25, 0.3) is 0 Å². The maximum Gasteiger partial charge on any atom is 0.348 e. The number of aromatic nitrogens is 3. The van der Waals surface area contributed by atoms with Gasteiger partial charge in [0.05, 0.1) is 0 Å². The topological polar surface area (TPSA) is 103 Å². The first-order valence-corrected chi connectivity index (χ1v) is 9.39. The summed E-state index contributed by atoms with van der Waals surface area (Å²) in [4.78, 5) is 25.3. The lowest BCUT2D eigenvalue weighted by Crippen LogP contribution is -2.10. The zero-order valence-corrected chi connectivity index (χ0v) is 15.9. The fraction of sp³-hybridized carbons (Fsp3) is 0.100. The molecule has 0 spiro atoms. The zero-order valence-electron chi connectivity index (χ0n) is 15.0. The van der Waals surface area contributed by atoms with E-state index in [4.69, 9.17) is 10.5 Å². The second kappa shape index (κ2) is 7.61. The molecule has 0 aliphatic rings. The van der Waals surface area contributed by atoms with Gasteiger partial charge in [-0.25, -0.2) is 4.79 Å². The highest BCUT2D eigenvalue weighted by Crippen LogP contribution is 2.26. The van der Waals surface area contributed by atoms with E-state index in [-0.39, 0.29) is 18.4 Å². The molecule has 2 aromatic carbocycles. The standard InChI is InChI=1S/C20H17N5O2S/c1-12-6-2-4-8-14(12)22-20-24-17(23-19(21)25-20)11-27-18(26)16-10-13-7-3-5-9-15(13)28-16/h2-10H,11H2,1H3,(H3,21,22,23,24,25). The first-order chi connectivity index (χ1) is 13.6. The molecule has 3 N–H and O–H groups in total. The van der Waals surface area contributed by atoms with Crippen LogP contribution in [0.25, 0.3) is 10.1 Å². The molecule has 2 aromatic heterocycles. The third-order valence-electron chi connectivity index (χ3n) is 4.05. The van der Waals surface area contributed by atoms with Gasteiger partial charge in [0.2, 0.25) is 11.9 Å². The number of fused-ring (bicyclic) bond motifs is 1. The number of anilines is 3. The third kappa shape index (κ3) is 3.91. The average Bonchev–Trinajstić information content (AvgIpc) is 3.12. The van der Waals surface area contributed by atoms with Gasteiger partial charge < -0.3 is 15.8 Å². The van der Waals surface area contributed by atoms with Gasteiger partial charge in [0, 0.05) is 10.4 Å². The third-order valence-corrected chi connectivity index (χ3v) is 5.15. The Kier molecular flexibility index (Phi) is 4.86. The molecule has 7 nitrogen and oxygen atoms in total. The molecule has 0 saturated heterocycles. The lowest BCUT2D eigenvalue weighted by molar-refractivity contribution is 0.0468. The van der Waals surface area contributed by atoms with E-state index < -0.39 is 5.97 Å². The lowest BCUT2D eigenvalue weighted by Gasteiger charge is -2.09. The summed E-state index contributed by atoms with van der Waals surface area (Å²) in [6.45, 7) is 1.88. The molecule has 0 amide bonds. The summed E-state index contributed by atoms with van der Waals surface area (Å²) in [5, 5.41) is 4.12. The largest absolute Gasteiger partial charge is 0.453 e. The monoisotopic (exact) mass is 391 g/mol. The molecular formula is C20H17N5O2S. The van der Waals surface area contributed by atoms with Gasteiger partial charge >= 0.3 is 5.97 Å². The second-order valence-electron chi connectivity index (χ2n) is 6.10. The summed E-state index contributed by atoms with van der Waals surface area (Å²) >= 11 is 1.39. The number of nitrogens with two attached hydrogens (primary N) is 1. The maximum absolute atomic E-state index is 12.4. The number of hydrogen-bond donors (Lipinski definition) is 2. The molecule has 0 aliphatic carbocycles. The molecule has 0 bridgehead atoms. The predicted molar refractivity (Wildman–Crippen MR) is 110 cm³/mol. The number of hydrogen-bond acceptors (Lipinski definition) is 8. The molecule has 8 heteroatoms. The van der Waals surface area contributed by atoms with Gasteiger partial charge in [-0.1, -0.05) is 36.4 Å². The van der Waals surface area contributed by atoms with Crippen LogP contribution in [0, 0.1) is 6.92 Å². The van der Waals surface area contributed by atoms with Gasteiger partial charge in [-0.2, -0.15) is 15.0 Å². The van der Waals surface area contributed by atoms with Crippen molar-refractivity contribution in [3.05, 3.63) is 70.9 Å². The van der Waals surface area contributed by atoms with E-state index in [1.54, 1.807) is 0 Å². The molecule has 0 atom stereocenters. The van der Waals surface area contributed by atoms with Crippen molar-refractivity contribution in [1.29, 1.82) is 0 Å². The van der Waals surface area contributed by atoms with E-state index in [0.717, 1.165) is 21.3 Å². The molecule has 2 heterocycles. The van der Waals surface area contributed by atoms with Crippen LogP contribution in [0.3, 0.4) is 0 Å². The number of esters is 1. The van der Waals surface area contributed by atoms with Crippen molar-refractivity contribution in [1.82, 2.24) is 15.0 Å². The van der Waals surface area contributed by atoms with Crippen molar-refractivity contribution >= 4 is 45.0 Å². The Bertz CT molecular complexity index is 1130. The Morgan fingerprint density at radius 2 is 1.89 bits per heavy atom. The van der Waals surface area contributed by atoms with Crippen LogP contribution in [0.5, 0.6) is 0 Å². The Labute approximate surface area is 165 Å². The second-order valence-corrected chi connectivity index (χ2v) is 7.18. The number of benzene rings is 2. The van der Waals surface area contributed by atoms with Crippen LogP contribution < -0.4 is 11.1 Å². The summed E-state index contributed by atoms with van der Waals surface area (Å²) < 4.78 is 6.39. The summed E-state index contributed by atoms with van der Waals surface area (Å²) in [6.07, 6.45) is 0. The zero-order chi connectivity index (χ0) is 19.5. The van der Waals surface area contributed by atoms with Crippen molar-refractivity contribution in [2.75, 3.05) is 11.1 Å². The lowest BCUT2D eigenvalue weighted by atomic mass is 10.2. The van der Waals surface area contributed by atoms with E-state index in [1.807, 2.05) is 61.5 Å². The molecule has 4 aromatic rings. The minimum Gasteiger partial charge on any atom is -0.453 e. The van der Waals surface area contributed by atoms with Crippen LogP contribution in [0.4, 0.5) is 17.6 Å². The van der Waals surface area contributed by atoms with Gasteiger partial charge in [0.1, 0.15) is 4.88 Å². The normalized spacial score (nSPS) is 10.8. The van der Waals surface area contributed by atoms with Crippen molar-refractivity contribution < 1.29 is 9.53 Å². The number of nitrogens with one attached hydrogen (secondary N) is 1. The fourth-order valence-electron chi connectivity index (χ4n) is 2.68. The van der Waals surface area contributed by atoms with E-state index in [0.29, 0.717) is 10.8 Å². The highest BCUT2D eigenvalue weighted by Gasteiger charge is 2.13. The smallest absolute Gasteiger partial charge is 0.348 e. The molecule has 0 fully saturated rings. The van der Waals surface area contributed by atoms with Crippen LogP contribution in [-0.2, 0) is 11.3 Å². The Morgan fingerprint density at radius 1 is 1.11 bits per heavy atom. The fourth-order valence-corrected chi connectivity index (χ4v) is 3.63. The minimum atomic E-state index is -0.423. The number of carbonyl (C=O) groups excluding carboxylic acids is 1. The van der Waals surface area contributed by atoms with E-state index >= 15 is 0 Å². The van der Waals surface area contributed by atoms with Gasteiger partial charge in [-0.05, 0) is 36.1 Å². The number of carbonyl (C=O) groups is 1. The number of nitrogens with zero attached hydrogens (tertiary/aromatic N) is 3. The number of thiophene rings is 1. The Hall–Kier alpha value is -3.52. The molecule has 0 aliphatic heterocycles. The average molecular weight is 391 g/mol. The summed E-state index contributed by atoms with van der Waals surface area (Å²) in [5.74, 6) is 0.209. The van der Waals surface area contributed by atoms with Crippen LogP contribution >= 0.6 is 11.3 Å². The Balaban J connectivity index is 1.48. The maximum atomic E-state index is 12.4. The van der Waals surface area contributed by atoms with Crippen molar-refractivity contribution in [3.8, 4) is 0 Å². The highest BCUT2D eigenvalue weighted by atomic mass is 32.1. The first-order valence-electron chi connectivity index (χ1n) is 8.57. The van der Waals surface area contributed by atoms with Crippen LogP contribution in [0.15, 0.2) is 54.6 Å². The van der Waals surface area contributed by atoms with Crippen LogP contribution in [-0.4, -0.2) is 20.9 Å².